The van der Waals surface area contributed by atoms with Crippen LogP contribution in [0.2, 0.25) is 5.02 Å². The van der Waals surface area contributed by atoms with E-state index in [0.29, 0.717) is 31.9 Å². The molecule has 1 spiro atoms. The van der Waals surface area contributed by atoms with Gasteiger partial charge in [-0.3, -0.25) is 4.79 Å². The van der Waals surface area contributed by atoms with Crippen molar-refractivity contribution >= 4 is 33.2 Å². The second-order valence-corrected chi connectivity index (χ2v) is 16.0. The molecule has 7 nitrogen and oxygen atoms in total. The number of carbonyl (C=O) groups excluding carboxylic acids is 1. The number of carbonyl (C=O) groups is 1. The van der Waals surface area contributed by atoms with Crippen LogP contribution >= 0.6 is 11.6 Å². The Hall–Kier alpha value is -2.55. The molecule has 232 valence electrons. The molecular weight excluding hydrogens is 584 g/mol. The van der Waals surface area contributed by atoms with Crippen molar-refractivity contribution < 1.29 is 23.1 Å². The van der Waals surface area contributed by atoms with Gasteiger partial charge in [-0.15, -0.1) is 0 Å². The summed E-state index contributed by atoms with van der Waals surface area (Å²) in [7, 11) is -3.96. The summed E-state index contributed by atoms with van der Waals surface area (Å²) >= 11 is 6.40. The number of fused-ring (bicyclic) bond motifs is 4. The predicted molar refractivity (Wildman–Crippen MR) is 170 cm³/mol. The Morgan fingerprint density at radius 3 is 2.70 bits per heavy atom. The zero-order chi connectivity index (χ0) is 30.5. The summed E-state index contributed by atoms with van der Waals surface area (Å²) in [5.74, 6) is 0.185. The van der Waals surface area contributed by atoms with Gasteiger partial charge in [0, 0.05) is 29.1 Å². The molecule has 4 aliphatic rings. The summed E-state index contributed by atoms with van der Waals surface area (Å²) in [6.07, 6.45) is 8.49. The van der Waals surface area contributed by atoms with Crippen LogP contribution in [0.5, 0.6) is 5.75 Å². The van der Waals surface area contributed by atoms with E-state index in [2.05, 4.69) is 21.8 Å². The third-order valence-electron chi connectivity index (χ3n) is 10.3. The number of ether oxygens (including phenoxy) is 1. The van der Waals surface area contributed by atoms with Crippen molar-refractivity contribution in [3.8, 4) is 5.75 Å². The number of allylic oxidation sites excluding steroid dienone is 1. The minimum Gasteiger partial charge on any atom is -0.490 e. The Morgan fingerprint density at radius 2 is 1.95 bits per heavy atom. The van der Waals surface area contributed by atoms with Crippen LogP contribution in [0.1, 0.15) is 74.4 Å². The lowest BCUT2D eigenvalue weighted by atomic mass is 9.68. The summed E-state index contributed by atoms with van der Waals surface area (Å²) in [4.78, 5) is 15.8. The molecule has 2 heterocycles. The van der Waals surface area contributed by atoms with E-state index in [1.54, 1.807) is 18.2 Å². The van der Waals surface area contributed by atoms with E-state index < -0.39 is 27.3 Å². The maximum atomic E-state index is 13.5. The first-order chi connectivity index (χ1) is 20.5. The number of halogens is 1. The molecule has 0 unspecified atom stereocenters. The lowest BCUT2D eigenvalue weighted by Crippen LogP contribution is -2.49. The lowest BCUT2D eigenvalue weighted by molar-refractivity contribution is 0.0454. The first-order valence-electron chi connectivity index (χ1n) is 15.7. The van der Waals surface area contributed by atoms with Gasteiger partial charge < -0.3 is 14.7 Å². The minimum atomic E-state index is -3.96. The van der Waals surface area contributed by atoms with Gasteiger partial charge in [-0.1, -0.05) is 50.6 Å². The maximum absolute atomic E-state index is 13.5. The van der Waals surface area contributed by atoms with Gasteiger partial charge in [-0.2, -0.15) is 0 Å². The number of aliphatic hydroxyl groups is 1. The highest BCUT2D eigenvalue weighted by molar-refractivity contribution is 7.90. The molecule has 2 N–H and O–H groups in total. The SMILES string of the molecule is CC(C)[C@H]1C[C@H](C)/C=C/[C@H](O)[C@@H]2CC[C@H]2CN2C[C@@]3(CCCc4cc(Cl)ccc43)COc3ccc(cc32)C(=O)NS1(=O)=O. The van der Waals surface area contributed by atoms with Crippen molar-refractivity contribution in [3.05, 3.63) is 70.3 Å². The van der Waals surface area contributed by atoms with Crippen LogP contribution in [-0.4, -0.2) is 50.5 Å². The number of amides is 1. The average Bonchev–Trinajstić information content (AvgIpc) is 3.08. The third kappa shape index (κ3) is 5.95. The van der Waals surface area contributed by atoms with E-state index >= 15 is 0 Å². The monoisotopic (exact) mass is 626 g/mol. The van der Waals surface area contributed by atoms with Gasteiger partial charge in [-0.05, 0) is 104 Å². The number of rotatable bonds is 1. The van der Waals surface area contributed by atoms with E-state index in [1.165, 1.54) is 11.1 Å². The topological polar surface area (TPSA) is 95.9 Å². The largest absolute Gasteiger partial charge is 0.490 e. The fourth-order valence-electron chi connectivity index (χ4n) is 7.72. The standard InChI is InChI=1S/C34H43ClN2O5S/c1-21(2)32-15-22(3)6-12-30(38)27-10-7-25(27)18-37-19-34(14-4-5-23-16-26(35)9-11-28(23)34)20-42-31-13-8-24(17-29(31)37)33(39)36-43(32,40)41/h6,8-9,11-13,16-17,21-22,25,27,30,32,38H,4-5,7,10,14-15,18-20H2,1-3H3,(H,36,39)/b12-6+/t22-,25+,27-,30+,32-,34+/m1/s1. The Labute approximate surface area is 260 Å². The van der Waals surface area contributed by atoms with Gasteiger partial charge in [0.2, 0.25) is 10.0 Å². The Morgan fingerprint density at radius 1 is 1.14 bits per heavy atom. The van der Waals surface area contributed by atoms with Gasteiger partial charge >= 0.3 is 0 Å². The van der Waals surface area contributed by atoms with Crippen LogP contribution in [-0.2, 0) is 21.9 Å². The van der Waals surface area contributed by atoms with E-state index in [9.17, 15) is 18.3 Å². The number of hydrogen-bond donors (Lipinski definition) is 2. The summed E-state index contributed by atoms with van der Waals surface area (Å²) in [6.45, 7) is 7.60. The number of nitrogens with zero attached hydrogens (tertiary/aromatic N) is 1. The molecule has 1 saturated carbocycles. The summed E-state index contributed by atoms with van der Waals surface area (Å²) in [5.41, 5.74) is 3.33. The Bertz CT molecular complexity index is 1520. The summed E-state index contributed by atoms with van der Waals surface area (Å²) in [5, 5.41) is 11.2. The first-order valence-corrected chi connectivity index (χ1v) is 17.6. The van der Waals surface area contributed by atoms with Crippen LogP contribution in [0.25, 0.3) is 0 Å². The van der Waals surface area contributed by atoms with Gasteiger partial charge in [0.15, 0.2) is 0 Å². The number of nitrogens with one attached hydrogen (secondary N) is 1. The van der Waals surface area contributed by atoms with Crippen LogP contribution in [0, 0.1) is 23.7 Å². The molecular formula is C34H43ClN2O5S. The highest BCUT2D eigenvalue weighted by Gasteiger charge is 2.44. The molecule has 43 heavy (non-hydrogen) atoms. The van der Waals surface area contributed by atoms with Gasteiger partial charge in [0.1, 0.15) is 5.75 Å². The van der Waals surface area contributed by atoms with Crippen molar-refractivity contribution in [2.24, 2.45) is 23.7 Å². The van der Waals surface area contributed by atoms with Crippen molar-refractivity contribution in [1.82, 2.24) is 4.72 Å². The van der Waals surface area contributed by atoms with E-state index in [-0.39, 0.29) is 34.7 Å². The number of hydrogen-bond acceptors (Lipinski definition) is 6. The number of benzene rings is 2. The molecule has 6 rings (SSSR count). The quantitative estimate of drug-likeness (QED) is 0.384. The highest BCUT2D eigenvalue weighted by Crippen LogP contribution is 2.46. The number of aryl methyl sites for hydroxylation is 1. The fraction of sp³-hybridized carbons (Fsp3) is 0.559. The molecule has 9 heteroatoms. The van der Waals surface area contributed by atoms with E-state index in [0.717, 1.165) is 42.8 Å². The van der Waals surface area contributed by atoms with Gasteiger partial charge in [-0.25, -0.2) is 13.1 Å². The third-order valence-corrected chi connectivity index (χ3v) is 12.5. The zero-order valence-corrected chi connectivity index (χ0v) is 26.8. The normalized spacial score (nSPS) is 32.9. The average molecular weight is 627 g/mol. The summed E-state index contributed by atoms with van der Waals surface area (Å²) < 4.78 is 35.9. The fourth-order valence-corrected chi connectivity index (χ4v) is 9.72. The molecule has 1 fully saturated rings. The smallest absolute Gasteiger partial charge is 0.264 e. The molecule has 0 radical (unpaired) electrons. The van der Waals surface area contributed by atoms with Crippen molar-refractivity contribution in [2.45, 2.75) is 76.1 Å². The Kier molecular flexibility index (Phi) is 8.33. The lowest BCUT2D eigenvalue weighted by Gasteiger charge is -2.45. The molecule has 1 amide bonds. The summed E-state index contributed by atoms with van der Waals surface area (Å²) in [6, 6.07) is 11.4. The first kappa shape index (κ1) is 30.5. The molecule has 0 aromatic heterocycles. The minimum absolute atomic E-state index is 0.0754. The van der Waals surface area contributed by atoms with E-state index in [1.807, 2.05) is 39.0 Å². The molecule has 2 bridgehead atoms. The maximum Gasteiger partial charge on any atom is 0.264 e. The molecule has 2 aliphatic carbocycles. The van der Waals surface area contributed by atoms with Crippen LogP contribution in [0.15, 0.2) is 48.6 Å². The van der Waals surface area contributed by atoms with E-state index in [4.69, 9.17) is 16.3 Å². The number of sulfonamides is 1. The second kappa shape index (κ2) is 11.8. The highest BCUT2D eigenvalue weighted by atomic mass is 35.5. The van der Waals surface area contributed by atoms with Gasteiger partial charge in [0.25, 0.3) is 5.91 Å². The van der Waals surface area contributed by atoms with Crippen molar-refractivity contribution in [3.63, 3.8) is 0 Å². The van der Waals surface area contributed by atoms with Crippen molar-refractivity contribution in [2.75, 3.05) is 24.6 Å². The predicted octanol–water partition coefficient (Wildman–Crippen LogP) is 5.88. The number of aliphatic hydroxyl groups excluding tert-OH is 1. The molecule has 2 aromatic rings. The van der Waals surface area contributed by atoms with Crippen LogP contribution in [0.4, 0.5) is 5.69 Å². The molecule has 0 saturated heterocycles. The Balaban J connectivity index is 1.43. The molecule has 2 aromatic carbocycles. The molecule has 2 aliphatic heterocycles. The zero-order valence-electron chi connectivity index (χ0n) is 25.3. The van der Waals surface area contributed by atoms with Crippen LogP contribution in [0.3, 0.4) is 0 Å². The van der Waals surface area contributed by atoms with Crippen molar-refractivity contribution in [1.29, 1.82) is 0 Å². The molecule has 6 atom stereocenters. The van der Waals surface area contributed by atoms with Gasteiger partial charge in [0.05, 0.1) is 23.6 Å². The second-order valence-electron chi connectivity index (χ2n) is 13.6. The number of anilines is 1. The van der Waals surface area contributed by atoms with Crippen LogP contribution < -0.4 is 14.4 Å².